The van der Waals surface area contributed by atoms with Gasteiger partial charge in [0.05, 0.1) is 0 Å². The van der Waals surface area contributed by atoms with Gasteiger partial charge in [0.25, 0.3) is 0 Å². The normalized spacial score (nSPS) is 10.9. The molecule has 5 heteroatoms. The molecule has 0 spiro atoms. The van der Waals surface area contributed by atoms with E-state index in [1.807, 2.05) is 127 Å². The summed E-state index contributed by atoms with van der Waals surface area (Å²) >= 11 is 0. The Morgan fingerprint density at radius 3 is 0.422 bits per heavy atom. The van der Waals surface area contributed by atoms with Crippen molar-refractivity contribution in [2.75, 3.05) is 0 Å². The molecule has 0 aromatic heterocycles. The molecule has 0 N–H and O–H groups in total. The second-order valence-corrected chi connectivity index (χ2v) is 21.3. The van der Waals surface area contributed by atoms with E-state index in [9.17, 15) is 0 Å². The van der Waals surface area contributed by atoms with Crippen LogP contribution in [0.15, 0.2) is 346 Å². The van der Waals surface area contributed by atoms with Gasteiger partial charge in [0.2, 0.25) is 0 Å². The maximum atomic E-state index is 15.8. The number of rotatable bonds is 18. The average molecular weight is 1090 g/mol. The minimum absolute atomic E-state index is 0.299. The molecule has 398 valence electrons. The first kappa shape index (κ1) is 53.1. The number of benzene rings is 12. The van der Waals surface area contributed by atoms with Gasteiger partial charge in [0.15, 0.2) is 0 Å². The number of phosphoric acid groups is 1. The number of hydrogen-bond donors (Lipinski definition) is 0. The molecule has 0 radical (unpaired) electrons. The largest absolute Gasteiger partial charge is 0.647 e. The third-order valence-electron chi connectivity index (χ3n) is 14.4. The molecule has 4 nitrogen and oxygen atoms in total. The van der Waals surface area contributed by atoms with Gasteiger partial charge in [0, 0.05) is 0 Å². The zero-order valence-electron chi connectivity index (χ0n) is 45.5. The Morgan fingerprint density at radius 2 is 0.289 bits per heavy atom. The maximum absolute atomic E-state index is 15.8. The molecule has 12 rings (SSSR count). The Balaban J connectivity index is 0.952. The SMILES string of the molecule is O=P(Oc1ccc(C(=C(c2ccccc2)c2ccccc2)c2ccccc2)cc1)(Oc1ccc(C(=C(c2ccccc2)c2ccccc2)c2ccccc2)cc1)Oc1ccc(C(=C(c2ccccc2)c2ccccc2)c2ccccc2)cc1. The highest BCUT2D eigenvalue weighted by atomic mass is 31.2. The predicted octanol–water partition coefficient (Wildman–Crippen LogP) is 20.4. The average Bonchev–Trinajstić information content (AvgIpc) is 3.74. The molecular formula is C78H57O4P. The van der Waals surface area contributed by atoms with E-state index in [0.717, 1.165) is 100 Å². The van der Waals surface area contributed by atoms with Gasteiger partial charge in [-0.15, -0.1) is 0 Å². The summed E-state index contributed by atoms with van der Waals surface area (Å²) in [4.78, 5) is 0. The zero-order valence-corrected chi connectivity index (χ0v) is 46.4. The molecule has 0 aliphatic rings. The summed E-state index contributed by atoms with van der Waals surface area (Å²) in [5.41, 5.74) is 18.7. The highest BCUT2D eigenvalue weighted by Crippen LogP contribution is 2.51. The van der Waals surface area contributed by atoms with Crippen LogP contribution in [0.1, 0.15) is 66.8 Å². The molecular weight excluding hydrogens is 1030 g/mol. The minimum atomic E-state index is -4.56. The molecule has 0 fully saturated rings. The van der Waals surface area contributed by atoms with Crippen LogP contribution < -0.4 is 13.6 Å². The van der Waals surface area contributed by atoms with Crippen LogP contribution in [0.2, 0.25) is 0 Å². The first-order valence-electron chi connectivity index (χ1n) is 27.8. The second kappa shape index (κ2) is 25.3. The van der Waals surface area contributed by atoms with E-state index in [-0.39, 0.29) is 0 Å². The van der Waals surface area contributed by atoms with Crippen LogP contribution in [-0.4, -0.2) is 0 Å². The summed E-state index contributed by atoms with van der Waals surface area (Å²) in [6, 6.07) is 117. The lowest BCUT2D eigenvalue weighted by Crippen LogP contribution is -2.08. The number of phosphoric ester groups is 1. The van der Waals surface area contributed by atoms with Crippen molar-refractivity contribution < 1.29 is 18.1 Å². The Bertz CT molecular complexity index is 3630. The zero-order chi connectivity index (χ0) is 56.1. The molecule has 0 aliphatic heterocycles. The molecule has 0 saturated heterocycles. The fourth-order valence-electron chi connectivity index (χ4n) is 10.7. The summed E-state index contributed by atoms with van der Waals surface area (Å²) in [5.74, 6) is 0.897. The quantitative estimate of drug-likeness (QED) is 0.0634. The molecule has 0 atom stereocenters. The first-order chi connectivity index (χ1) is 41.0. The summed E-state index contributed by atoms with van der Waals surface area (Å²) < 4.78 is 35.5. The molecule has 0 amide bonds. The summed E-state index contributed by atoms with van der Waals surface area (Å²) in [7, 11) is -4.56. The van der Waals surface area contributed by atoms with Crippen LogP contribution in [0, 0.1) is 0 Å². The standard InChI is InChI=1S/C78H57O4P/c79-83(80-70-52-46-67(47-53-70)76(64-40-22-7-23-41-64)73(58-28-10-1-11-29-58)59-30-12-2-13-31-59,81-71-54-48-68(49-55-71)77(65-42-24-8-25-43-65)74(60-32-14-3-15-33-60)61-34-16-4-17-35-61)82-72-56-50-69(51-57-72)78(66-44-26-9-27-45-66)75(62-36-18-5-19-37-62)63-38-20-6-21-39-63/h1-57H. The van der Waals surface area contributed by atoms with Crippen molar-refractivity contribution in [3.63, 3.8) is 0 Å². The van der Waals surface area contributed by atoms with E-state index >= 15 is 4.57 Å². The Kier molecular flexibility index (Phi) is 16.2. The fraction of sp³-hybridized carbons (Fsp3) is 0. The van der Waals surface area contributed by atoms with Crippen LogP contribution in [-0.2, 0) is 4.57 Å². The Morgan fingerprint density at radius 1 is 0.169 bits per heavy atom. The van der Waals surface area contributed by atoms with E-state index in [0.29, 0.717) is 17.2 Å². The third kappa shape index (κ3) is 12.5. The summed E-state index contributed by atoms with van der Waals surface area (Å²) in [6.07, 6.45) is 0. The van der Waals surface area contributed by atoms with Crippen molar-refractivity contribution in [3.05, 3.63) is 413 Å². The Labute approximate surface area is 486 Å². The van der Waals surface area contributed by atoms with E-state index in [1.54, 1.807) is 0 Å². The van der Waals surface area contributed by atoms with Gasteiger partial charge in [-0.1, -0.05) is 309 Å². The van der Waals surface area contributed by atoms with E-state index in [1.165, 1.54) is 0 Å². The lowest BCUT2D eigenvalue weighted by Gasteiger charge is -2.22. The van der Waals surface area contributed by atoms with Crippen molar-refractivity contribution >= 4 is 41.3 Å². The third-order valence-corrected chi connectivity index (χ3v) is 15.7. The highest BCUT2D eigenvalue weighted by molar-refractivity contribution is 7.49. The van der Waals surface area contributed by atoms with Crippen LogP contribution in [0.4, 0.5) is 0 Å². The topological polar surface area (TPSA) is 44.8 Å². The molecule has 0 bridgehead atoms. The summed E-state index contributed by atoms with van der Waals surface area (Å²) in [5, 5.41) is 0. The van der Waals surface area contributed by atoms with Gasteiger partial charge in [-0.2, -0.15) is 4.57 Å². The monoisotopic (exact) mass is 1090 g/mol. The molecule has 0 saturated carbocycles. The predicted molar refractivity (Wildman–Crippen MR) is 342 cm³/mol. The molecule has 0 unspecified atom stereocenters. The molecule has 0 heterocycles. The van der Waals surface area contributed by atoms with Crippen molar-refractivity contribution in [1.29, 1.82) is 0 Å². The van der Waals surface area contributed by atoms with Crippen molar-refractivity contribution in [1.82, 2.24) is 0 Å². The maximum Gasteiger partial charge on any atom is 0.647 e. The number of hydrogen-bond acceptors (Lipinski definition) is 4. The first-order valence-corrected chi connectivity index (χ1v) is 29.2. The van der Waals surface area contributed by atoms with Gasteiger partial charge in [0.1, 0.15) is 17.2 Å². The van der Waals surface area contributed by atoms with E-state index < -0.39 is 7.82 Å². The van der Waals surface area contributed by atoms with E-state index in [4.69, 9.17) is 13.6 Å². The van der Waals surface area contributed by atoms with Crippen molar-refractivity contribution in [2.45, 2.75) is 0 Å². The fourth-order valence-corrected chi connectivity index (χ4v) is 11.9. The molecule has 12 aromatic carbocycles. The summed E-state index contributed by atoms with van der Waals surface area (Å²) in [6.45, 7) is 0. The van der Waals surface area contributed by atoms with Gasteiger partial charge in [-0.3, -0.25) is 0 Å². The lowest BCUT2D eigenvalue weighted by atomic mass is 9.86. The molecule has 0 aliphatic carbocycles. The molecule has 83 heavy (non-hydrogen) atoms. The van der Waals surface area contributed by atoms with Crippen molar-refractivity contribution in [3.8, 4) is 17.2 Å². The molecule has 12 aromatic rings. The Hall–Kier alpha value is -10.5. The smallest absolute Gasteiger partial charge is 0.386 e. The van der Waals surface area contributed by atoms with Gasteiger partial charge >= 0.3 is 7.82 Å². The van der Waals surface area contributed by atoms with Crippen LogP contribution >= 0.6 is 7.82 Å². The lowest BCUT2D eigenvalue weighted by molar-refractivity contribution is 0.298. The van der Waals surface area contributed by atoms with Crippen LogP contribution in [0.3, 0.4) is 0 Å². The van der Waals surface area contributed by atoms with Gasteiger partial charge in [-0.25, -0.2) is 0 Å². The van der Waals surface area contributed by atoms with Gasteiger partial charge < -0.3 is 13.6 Å². The van der Waals surface area contributed by atoms with Crippen molar-refractivity contribution in [2.24, 2.45) is 0 Å². The van der Waals surface area contributed by atoms with Gasteiger partial charge in [-0.05, 0) is 137 Å². The van der Waals surface area contributed by atoms with Crippen LogP contribution in [0.25, 0.3) is 33.4 Å². The minimum Gasteiger partial charge on any atom is -0.386 e. The van der Waals surface area contributed by atoms with Crippen LogP contribution in [0.5, 0.6) is 17.2 Å². The van der Waals surface area contributed by atoms with E-state index in [2.05, 4.69) is 218 Å². The second-order valence-electron chi connectivity index (χ2n) is 19.8. The highest BCUT2D eigenvalue weighted by Gasteiger charge is 2.34.